The zero-order chi connectivity index (χ0) is 12.4. The molecule has 0 aliphatic heterocycles. The molecule has 0 fully saturated rings. The number of fused-ring (bicyclic) bond motifs is 1. The summed E-state index contributed by atoms with van der Waals surface area (Å²) in [4.78, 5) is 16.3. The zero-order valence-electron chi connectivity index (χ0n) is 9.67. The Morgan fingerprint density at radius 3 is 2.83 bits per heavy atom. The minimum absolute atomic E-state index is 0.0284. The summed E-state index contributed by atoms with van der Waals surface area (Å²) in [6.45, 7) is 0. The lowest BCUT2D eigenvalue weighted by molar-refractivity contribution is 0.594. The Morgan fingerprint density at radius 1 is 1.11 bits per heavy atom. The van der Waals surface area contributed by atoms with E-state index >= 15 is 0 Å². The number of rotatable bonds is 2. The fourth-order valence-electron chi connectivity index (χ4n) is 1.96. The molecule has 0 saturated heterocycles. The van der Waals surface area contributed by atoms with E-state index in [1.807, 2.05) is 24.3 Å². The van der Waals surface area contributed by atoms with Crippen molar-refractivity contribution in [1.82, 2.24) is 4.98 Å². The van der Waals surface area contributed by atoms with Crippen molar-refractivity contribution in [2.75, 3.05) is 0 Å². The highest BCUT2D eigenvalue weighted by atomic mass is 16.3. The van der Waals surface area contributed by atoms with Gasteiger partial charge < -0.3 is 4.42 Å². The Morgan fingerprint density at radius 2 is 2.00 bits per heavy atom. The van der Waals surface area contributed by atoms with E-state index in [1.54, 1.807) is 24.5 Å². The van der Waals surface area contributed by atoms with Crippen LogP contribution < -0.4 is 5.43 Å². The fraction of sp³-hybridized carbons (Fsp3) is 0.0667. The normalized spacial score (nSPS) is 10.7. The van der Waals surface area contributed by atoms with Crippen LogP contribution in [0.15, 0.2) is 64.3 Å². The summed E-state index contributed by atoms with van der Waals surface area (Å²) in [5.41, 5.74) is 2.31. The smallest absolute Gasteiger partial charge is 0.196 e. The molecule has 0 unspecified atom stereocenters. The summed E-state index contributed by atoms with van der Waals surface area (Å²) < 4.78 is 5.48. The van der Waals surface area contributed by atoms with Gasteiger partial charge in [0.2, 0.25) is 0 Å². The third kappa shape index (κ3) is 1.91. The van der Waals surface area contributed by atoms with Crippen molar-refractivity contribution in [3.63, 3.8) is 0 Å². The van der Waals surface area contributed by atoms with Crippen LogP contribution in [-0.2, 0) is 6.42 Å². The predicted octanol–water partition coefficient (Wildman–Crippen LogP) is 2.78. The number of hydrogen-bond acceptors (Lipinski definition) is 3. The summed E-state index contributed by atoms with van der Waals surface area (Å²) in [6, 6.07) is 11.1. The highest BCUT2D eigenvalue weighted by Crippen LogP contribution is 2.12. The zero-order valence-corrected chi connectivity index (χ0v) is 9.67. The minimum atomic E-state index is 0.0284. The molecule has 2 heterocycles. The maximum absolute atomic E-state index is 12.3. The number of benzene rings is 1. The molecule has 3 nitrogen and oxygen atoms in total. The standard InChI is InChI=1S/C15H11NO2/c17-15-12(8-11-4-3-7-16-9-11)10-18-14-6-2-1-5-13(14)15/h1-7,9-10H,8H2. The highest BCUT2D eigenvalue weighted by Gasteiger charge is 2.06. The highest BCUT2D eigenvalue weighted by molar-refractivity contribution is 5.76. The number of nitrogens with zero attached hydrogens (tertiary/aromatic N) is 1. The largest absolute Gasteiger partial charge is 0.464 e. The summed E-state index contributed by atoms with van der Waals surface area (Å²) in [6.07, 6.45) is 5.56. The van der Waals surface area contributed by atoms with E-state index < -0.39 is 0 Å². The number of para-hydroxylation sites is 1. The molecule has 0 atom stereocenters. The van der Waals surface area contributed by atoms with Crippen LogP contribution in [0.25, 0.3) is 11.0 Å². The second-order valence-corrected chi connectivity index (χ2v) is 4.12. The maximum atomic E-state index is 12.3. The Balaban J connectivity index is 2.08. The Labute approximate surface area is 104 Å². The van der Waals surface area contributed by atoms with Crippen molar-refractivity contribution in [3.8, 4) is 0 Å². The van der Waals surface area contributed by atoms with Gasteiger partial charge in [-0.15, -0.1) is 0 Å². The molecule has 3 heteroatoms. The van der Waals surface area contributed by atoms with Gasteiger partial charge >= 0.3 is 0 Å². The van der Waals surface area contributed by atoms with Gasteiger partial charge in [-0.3, -0.25) is 9.78 Å². The van der Waals surface area contributed by atoms with Gasteiger partial charge in [0, 0.05) is 24.4 Å². The molecule has 0 bridgehead atoms. The van der Waals surface area contributed by atoms with E-state index in [9.17, 15) is 4.79 Å². The second-order valence-electron chi connectivity index (χ2n) is 4.12. The van der Waals surface area contributed by atoms with Gasteiger partial charge in [0.05, 0.1) is 11.6 Å². The van der Waals surface area contributed by atoms with Gasteiger partial charge in [0.15, 0.2) is 5.43 Å². The Kier molecular flexibility index (Phi) is 2.65. The van der Waals surface area contributed by atoms with Gasteiger partial charge in [-0.2, -0.15) is 0 Å². The summed E-state index contributed by atoms with van der Waals surface area (Å²) in [5, 5.41) is 0.624. The number of hydrogen-bond donors (Lipinski definition) is 0. The second kappa shape index (κ2) is 4.45. The first-order valence-corrected chi connectivity index (χ1v) is 5.73. The first-order chi connectivity index (χ1) is 8.84. The Bertz CT molecular complexity index is 732. The van der Waals surface area contributed by atoms with Gasteiger partial charge in [0.1, 0.15) is 5.58 Å². The van der Waals surface area contributed by atoms with Crippen LogP contribution in [0.1, 0.15) is 11.1 Å². The molecule has 0 aliphatic carbocycles. The average molecular weight is 237 g/mol. The van der Waals surface area contributed by atoms with E-state index in [0.717, 1.165) is 5.56 Å². The molecular formula is C15H11NO2. The molecule has 2 aromatic heterocycles. The van der Waals surface area contributed by atoms with Crippen molar-refractivity contribution < 1.29 is 4.42 Å². The molecule has 18 heavy (non-hydrogen) atoms. The number of pyridine rings is 1. The van der Waals surface area contributed by atoms with E-state index in [0.29, 0.717) is 23.0 Å². The maximum Gasteiger partial charge on any atom is 0.196 e. The summed E-state index contributed by atoms with van der Waals surface area (Å²) in [7, 11) is 0. The van der Waals surface area contributed by atoms with Gasteiger partial charge in [0.25, 0.3) is 0 Å². The van der Waals surface area contributed by atoms with Crippen LogP contribution in [0.3, 0.4) is 0 Å². The molecule has 88 valence electrons. The molecule has 0 spiro atoms. The molecule has 0 radical (unpaired) electrons. The monoisotopic (exact) mass is 237 g/mol. The van der Waals surface area contributed by atoms with E-state index in [4.69, 9.17) is 4.42 Å². The molecular weight excluding hydrogens is 226 g/mol. The molecule has 0 aliphatic rings. The van der Waals surface area contributed by atoms with E-state index in [1.165, 1.54) is 6.26 Å². The van der Waals surface area contributed by atoms with Crippen molar-refractivity contribution >= 4 is 11.0 Å². The van der Waals surface area contributed by atoms with Crippen molar-refractivity contribution in [2.45, 2.75) is 6.42 Å². The van der Waals surface area contributed by atoms with Crippen molar-refractivity contribution in [1.29, 1.82) is 0 Å². The fourth-order valence-corrected chi connectivity index (χ4v) is 1.96. The molecule has 0 N–H and O–H groups in total. The van der Waals surface area contributed by atoms with Gasteiger partial charge in [-0.1, -0.05) is 18.2 Å². The van der Waals surface area contributed by atoms with E-state index in [2.05, 4.69) is 4.98 Å². The summed E-state index contributed by atoms with van der Waals surface area (Å²) >= 11 is 0. The molecule has 3 aromatic rings. The van der Waals surface area contributed by atoms with Crippen LogP contribution in [-0.4, -0.2) is 4.98 Å². The lowest BCUT2D eigenvalue weighted by atomic mass is 10.1. The quantitative estimate of drug-likeness (QED) is 0.688. The molecule has 0 amide bonds. The average Bonchev–Trinajstić information content (AvgIpc) is 2.43. The summed E-state index contributed by atoms with van der Waals surface area (Å²) in [5.74, 6) is 0. The van der Waals surface area contributed by atoms with Crippen LogP contribution in [0.5, 0.6) is 0 Å². The minimum Gasteiger partial charge on any atom is -0.464 e. The van der Waals surface area contributed by atoms with E-state index in [-0.39, 0.29) is 5.43 Å². The van der Waals surface area contributed by atoms with Crippen LogP contribution in [0.4, 0.5) is 0 Å². The first-order valence-electron chi connectivity index (χ1n) is 5.73. The van der Waals surface area contributed by atoms with Crippen LogP contribution in [0, 0.1) is 0 Å². The third-order valence-corrected chi connectivity index (χ3v) is 2.87. The van der Waals surface area contributed by atoms with Gasteiger partial charge in [-0.25, -0.2) is 0 Å². The van der Waals surface area contributed by atoms with Gasteiger partial charge in [-0.05, 0) is 23.8 Å². The third-order valence-electron chi connectivity index (χ3n) is 2.87. The van der Waals surface area contributed by atoms with Crippen LogP contribution >= 0.6 is 0 Å². The van der Waals surface area contributed by atoms with Crippen LogP contribution in [0.2, 0.25) is 0 Å². The molecule has 0 saturated carbocycles. The predicted molar refractivity (Wildman–Crippen MR) is 69.5 cm³/mol. The molecule has 3 rings (SSSR count). The van der Waals surface area contributed by atoms with Crippen molar-refractivity contribution in [3.05, 3.63) is 76.4 Å². The lowest BCUT2D eigenvalue weighted by Gasteiger charge is -2.02. The first kappa shape index (κ1) is 10.7. The molecule has 1 aromatic carbocycles. The topological polar surface area (TPSA) is 43.1 Å². The Hall–Kier alpha value is -2.42. The SMILES string of the molecule is O=c1c(Cc2cccnc2)coc2ccccc12. The lowest BCUT2D eigenvalue weighted by Crippen LogP contribution is -2.09. The number of aromatic nitrogens is 1. The van der Waals surface area contributed by atoms with Crippen molar-refractivity contribution in [2.24, 2.45) is 0 Å².